The van der Waals surface area contributed by atoms with E-state index in [9.17, 15) is 5.11 Å². The van der Waals surface area contributed by atoms with Crippen LogP contribution in [-0.2, 0) is 12.8 Å². The van der Waals surface area contributed by atoms with Crippen molar-refractivity contribution < 1.29 is 9.52 Å². The van der Waals surface area contributed by atoms with Gasteiger partial charge in [0.1, 0.15) is 11.3 Å². The SMILES string of the molecule is CCc1ccc2oc(-c3cccc(N=Cc4cc(Cc5ccccc5)cc(Br)c4O)c3)nc2c1. The van der Waals surface area contributed by atoms with E-state index in [0.29, 0.717) is 15.9 Å². The summed E-state index contributed by atoms with van der Waals surface area (Å²) in [5.74, 6) is 0.734. The zero-order valence-electron chi connectivity index (χ0n) is 18.7. The molecule has 4 aromatic carbocycles. The predicted molar refractivity (Wildman–Crippen MR) is 141 cm³/mol. The first-order valence-corrected chi connectivity index (χ1v) is 12.0. The molecule has 34 heavy (non-hydrogen) atoms. The molecular weight excluding hydrogens is 488 g/mol. The fraction of sp³-hybridized carbons (Fsp3) is 0.103. The Morgan fingerprint density at radius 3 is 2.59 bits per heavy atom. The van der Waals surface area contributed by atoms with Crippen LogP contribution in [0.4, 0.5) is 5.69 Å². The van der Waals surface area contributed by atoms with Gasteiger partial charge in [0.05, 0.1) is 10.2 Å². The van der Waals surface area contributed by atoms with E-state index in [4.69, 9.17) is 4.42 Å². The van der Waals surface area contributed by atoms with Crippen molar-refractivity contribution in [2.24, 2.45) is 4.99 Å². The second-order valence-electron chi connectivity index (χ2n) is 8.16. The number of phenols is 1. The lowest BCUT2D eigenvalue weighted by Gasteiger charge is -2.08. The van der Waals surface area contributed by atoms with E-state index >= 15 is 0 Å². The number of phenolic OH excluding ortho intramolecular Hbond substituents is 1. The number of benzene rings is 4. The molecular formula is C29H23BrN2O2. The Bertz CT molecular complexity index is 1490. The van der Waals surface area contributed by atoms with Crippen LogP contribution >= 0.6 is 15.9 Å². The Morgan fingerprint density at radius 1 is 0.912 bits per heavy atom. The van der Waals surface area contributed by atoms with Crippen molar-refractivity contribution in [1.29, 1.82) is 0 Å². The fourth-order valence-electron chi connectivity index (χ4n) is 3.89. The first kappa shape index (κ1) is 22.1. The normalized spacial score (nSPS) is 11.5. The van der Waals surface area contributed by atoms with Crippen molar-refractivity contribution in [2.75, 3.05) is 0 Å². The highest BCUT2D eigenvalue weighted by Gasteiger charge is 2.10. The third-order valence-corrected chi connectivity index (χ3v) is 6.31. The Hall–Kier alpha value is -3.70. The summed E-state index contributed by atoms with van der Waals surface area (Å²) in [6.45, 7) is 2.12. The number of aryl methyl sites for hydroxylation is 1. The number of aliphatic imine (C=N–C) groups is 1. The van der Waals surface area contributed by atoms with Crippen molar-refractivity contribution in [3.05, 3.63) is 112 Å². The Kier molecular flexibility index (Phi) is 6.28. The van der Waals surface area contributed by atoms with E-state index in [2.05, 4.69) is 57.1 Å². The van der Waals surface area contributed by atoms with Crippen molar-refractivity contribution >= 4 is 38.9 Å². The van der Waals surface area contributed by atoms with Gasteiger partial charge in [-0.25, -0.2) is 4.98 Å². The lowest BCUT2D eigenvalue weighted by Crippen LogP contribution is -1.92. The molecule has 1 N–H and O–H groups in total. The lowest BCUT2D eigenvalue weighted by molar-refractivity contribution is 0.471. The minimum atomic E-state index is 0.169. The third-order valence-electron chi connectivity index (χ3n) is 5.71. The smallest absolute Gasteiger partial charge is 0.227 e. The molecule has 0 aliphatic rings. The van der Waals surface area contributed by atoms with Crippen molar-refractivity contribution in [1.82, 2.24) is 4.98 Å². The van der Waals surface area contributed by atoms with Gasteiger partial charge in [0.25, 0.3) is 0 Å². The molecule has 5 heteroatoms. The highest BCUT2D eigenvalue weighted by Crippen LogP contribution is 2.31. The Labute approximate surface area is 206 Å². The van der Waals surface area contributed by atoms with Gasteiger partial charge in [-0.3, -0.25) is 4.99 Å². The molecule has 0 spiro atoms. The van der Waals surface area contributed by atoms with Crippen molar-refractivity contribution in [2.45, 2.75) is 19.8 Å². The number of hydrogen-bond donors (Lipinski definition) is 1. The number of fused-ring (bicyclic) bond motifs is 1. The fourth-order valence-corrected chi connectivity index (χ4v) is 4.41. The van der Waals surface area contributed by atoms with Gasteiger partial charge in [0.2, 0.25) is 5.89 Å². The maximum Gasteiger partial charge on any atom is 0.227 e. The molecule has 0 bridgehead atoms. The first-order valence-electron chi connectivity index (χ1n) is 11.2. The molecule has 0 atom stereocenters. The van der Waals surface area contributed by atoms with Crippen LogP contribution in [0.15, 0.2) is 98.8 Å². The van der Waals surface area contributed by atoms with Crippen LogP contribution in [0.25, 0.3) is 22.6 Å². The standard InChI is InChI=1S/C29H23BrN2O2/c1-2-19-11-12-27-26(16-19)32-29(34-27)22-9-6-10-24(17-22)31-18-23-14-21(15-25(30)28(23)33)13-20-7-4-3-5-8-20/h3-12,14-18,33H,2,13H2,1H3. The summed E-state index contributed by atoms with van der Waals surface area (Å²) in [5.41, 5.74) is 7.40. The summed E-state index contributed by atoms with van der Waals surface area (Å²) < 4.78 is 6.62. The van der Waals surface area contributed by atoms with Gasteiger partial charge < -0.3 is 9.52 Å². The number of aromatic nitrogens is 1. The van der Waals surface area contributed by atoms with Crippen LogP contribution in [0.3, 0.4) is 0 Å². The van der Waals surface area contributed by atoms with Gasteiger partial charge in [0, 0.05) is 17.3 Å². The molecule has 0 aliphatic heterocycles. The maximum absolute atomic E-state index is 10.6. The zero-order chi connectivity index (χ0) is 23.5. The van der Waals surface area contributed by atoms with Crippen LogP contribution in [0.5, 0.6) is 5.75 Å². The molecule has 1 heterocycles. The molecule has 0 saturated carbocycles. The summed E-state index contributed by atoms with van der Waals surface area (Å²) in [4.78, 5) is 9.28. The topological polar surface area (TPSA) is 58.6 Å². The number of halogens is 1. The van der Waals surface area contributed by atoms with Gasteiger partial charge in [-0.05, 0) is 87.9 Å². The largest absolute Gasteiger partial charge is 0.506 e. The number of oxazole rings is 1. The molecule has 168 valence electrons. The summed E-state index contributed by atoms with van der Waals surface area (Å²) in [6.07, 6.45) is 3.42. The molecule has 4 nitrogen and oxygen atoms in total. The molecule has 1 aromatic heterocycles. The molecule has 0 fully saturated rings. The number of nitrogens with zero attached hydrogens (tertiary/aromatic N) is 2. The Morgan fingerprint density at radius 2 is 1.76 bits per heavy atom. The number of aromatic hydroxyl groups is 1. The molecule has 0 amide bonds. The van der Waals surface area contributed by atoms with E-state index < -0.39 is 0 Å². The minimum absolute atomic E-state index is 0.169. The van der Waals surface area contributed by atoms with E-state index in [-0.39, 0.29) is 5.75 Å². The molecule has 0 aliphatic carbocycles. The quantitative estimate of drug-likeness (QED) is 0.236. The molecule has 0 saturated heterocycles. The molecule has 0 radical (unpaired) electrons. The Balaban J connectivity index is 1.42. The van der Waals surface area contributed by atoms with Gasteiger partial charge >= 0.3 is 0 Å². The van der Waals surface area contributed by atoms with E-state index in [1.54, 1.807) is 6.21 Å². The summed E-state index contributed by atoms with van der Waals surface area (Å²) >= 11 is 3.47. The van der Waals surface area contributed by atoms with Gasteiger partial charge in [-0.2, -0.15) is 0 Å². The predicted octanol–water partition coefficient (Wildman–Crippen LogP) is 7.87. The number of hydrogen-bond acceptors (Lipinski definition) is 4. The van der Waals surface area contributed by atoms with Crippen LogP contribution in [-0.4, -0.2) is 16.3 Å². The monoisotopic (exact) mass is 510 g/mol. The van der Waals surface area contributed by atoms with Gasteiger partial charge in [-0.1, -0.05) is 49.4 Å². The average Bonchev–Trinajstić information content (AvgIpc) is 3.29. The summed E-state index contributed by atoms with van der Waals surface area (Å²) in [6, 6.07) is 28.0. The van der Waals surface area contributed by atoms with E-state index in [0.717, 1.165) is 40.8 Å². The second-order valence-corrected chi connectivity index (χ2v) is 9.02. The summed E-state index contributed by atoms with van der Waals surface area (Å²) in [5, 5.41) is 10.6. The summed E-state index contributed by atoms with van der Waals surface area (Å²) in [7, 11) is 0. The lowest BCUT2D eigenvalue weighted by atomic mass is 10.0. The van der Waals surface area contributed by atoms with Gasteiger partial charge in [-0.15, -0.1) is 0 Å². The first-order chi connectivity index (χ1) is 16.6. The van der Waals surface area contributed by atoms with Gasteiger partial charge in [0.15, 0.2) is 5.58 Å². The van der Waals surface area contributed by atoms with Crippen LogP contribution in [0.2, 0.25) is 0 Å². The van der Waals surface area contributed by atoms with E-state index in [1.165, 1.54) is 11.1 Å². The highest BCUT2D eigenvalue weighted by atomic mass is 79.9. The van der Waals surface area contributed by atoms with Crippen LogP contribution in [0, 0.1) is 0 Å². The van der Waals surface area contributed by atoms with Crippen molar-refractivity contribution in [3.8, 4) is 17.2 Å². The van der Waals surface area contributed by atoms with Crippen LogP contribution < -0.4 is 0 Å². The molecule has 5 aromatic rings. The number of rotatable bonds is 6. The maximum atomic E-state index is 10.6. The molecule has 0 unspecified atom stereocenters. The van der Waals surface area contributed by atoms with Crippen molar-refractivity contribution in [3.63, 3.8) is 0 Å². The average molecular weight is 511 g/mol. The zero-order valence-corrected chi connectivity index (χ0v) is 20.3. The third kappa shape index (κ3) is 4.80. The van der Waals surface area contributed by atoms with E-state index in [1.807, 2.05) is 60.7 Å². The highest BCUT2D eigenvalue weighted by molar-refractivity contribution is 9.10. The molecule has 5 rings (SSSR count). The van der Waals surface area contributed by atoms with Crippen LogP contribution in [0.1, 0.15) is 29.2 Å². The minimum Gasteiger partial charge on any atom is -0.506 e. The second kappa shape index (κ2) is 9.65.